The lowest BCUT2D eigenvalue weighted by molar-refractivity contribution is 0.569. The number of hydrogen-bond donors (Lipinski definition) is 0. The van der Waals surface area contributed by atoms with Crippen molar-refractivity contribution in [3.05, 3.63) is 204 Å². The van der Waals surface area contributed by atoms with Crippen LogP contribution in [-0.4, -0.2) is 18.3 Å². The van der Waals surface area contributed by atoms with Crippen LogP contribution in [0.2, 0.25) is 0 Å². The summed E-state index contributed by atoms with van der Waals surface area (Å²) in [6.07, 6.45) is 0. The third kappa shape index (κ3) is 5.59. The second kappa shape index (κ2) is 14.8. The molecule has 13 rings (SSSR count). The minimum atomic E-state index is -0.634. The van der Waals surface area contributed by atoms with Gasteiger partial charge in [-0.2, -0.15) is 10.5 Å². The normalized spacial score (nSPS) is 12.4. The summed E-state index contributed by atoms with van der Waals surface area (Å²) in [6, 6.07) is 70.4. The number of hydrogen-bond acceptors (Lipinski definition) is 2. The van der Waals surface area contributed by atoms with Gasteiger partial charge in [-0.1, -0.05) is 163 Å². The first-order chi connectivity index (χ1) is 34.0. The lowest BCUT2D eigenvalue weighted by Crippen LogP contribution is -2.26. The summed E-state index contributed by atoms with van der Waals surface area (Å²) >= 11 is 0. The molecule has 13 aromatic rings. The van der Waals surface area contributed by atoms with Gasteiger partial charge in [0.05, 0.1) is 66.6 Å². The molecular formula is C64H48N6. The molecule has 0 saturated heterocycles. The highest BCUT2D eigenvalue weighted by molar-refractivity contribution is 6.28. The lowest BCUT2D eigenvalue weighted by Gasteiger charge is -2.34. The molecule has 4 heterocycles. The first-order valence-corrected chi connectivity index (χ1v) is 24.1. The molecule has 0 aliphatic carbocycles. The maximum atomic E-state index is 12.0. The van der Waals surface area contributed by atoms with Gasteiger partial charge in [0.25, 0.3) is 0 Å². The predicted octanol–water partition coefficient (Wildman–Crippen LogP) is 16.4. The fraction of sp³-hybridized carbons (Fsp3) is 0.125. The summed E-state index contributed by atoms with van der Waals surface area (Å²) in [6.45, 7) is 13.1. The second-order valence-electron chi connectivity index (χ2n) is 20.7. The molecule has 0 spiro atoms. The Kier molecular flexibility index (Phi) is 8.76. The van der Waals surface area contributed by atoms with Gasteiger partial charge in [0.2, 0.25) is 0 Å². The van der Waals surface area contributed by atoms with E-state index < -0.39 is 10.8 Å². The number of benzene rings is 9. The minimum Gasteiger partial charge on any atom is -0.309 e. The molecule has 0 radical (unpaired) electrons. The second-order valence-corrected chi connectivity index (χ2v) is 20.7. The van der Waals surface area contributed by atoms with Gasteiger partial charge in [-0.3, -0.25) is 0 Å². The highest BCUT2D eigenvalue weighted by Gasteiger charge is 2.38. The average Bonchev–Trinajstić information content (AvgIpc) is 4.10. The van der Waals surface area contributed by atoms with E-state index in [2.05, 4.69) is 254 Å². The van der Waals surface area contributed by atoms with Crippen LogP contribution in [0.5, 0.6) is 0 Å². The summed E-state index contributed by atoms with van der Waals surface area (Å²) in [5.41, 5.74) is 13.6. The molecule has 0 bridgehead atoms. The lowest BCUT2D eigenvalue weighted by atomic mass is 9.74. The molecule has 0 saturated carbocycles. The van der Waals surface area contributed by atoms with Crippen LogP contribution in [0.1, 0.15) is 63.8 Å². The largest absolute Gasteiger partial charge is 0.309 e. The van der Waals surface area contributed by atoms with E-state index >= 15 is 0 Å². The molecule has 6 nitrogen and oxygen atoms in total. The van der Waals surface area contributed by atoms with Gasteiger partial charge in [0.15, 0.2) is 0 Å². The number of aromatic nitrogens is 4. The molecule has 0 aliphatic heterocycles. The standard InChI is InChI=1S/C64H48N6/c1-63(2,3)57-47(37-65)61(69-49-29-17-13-25-41(49)43-33-35-53-55(59(43)69)45-27-15-19-31-51(45)67(53)39-21-9-7-10-22-39)58(64(4,5)6)62(48(57)38-66)70-50-30-18-14-26-42(50)44-34-36-54-56(60(44)70)46-28-16-20-32-52(46)68(54)40-23-11-8-12-24-40/h7-36H,1-6H3. The van der Waals surface area contributed by atoms with Crippen LogP contribution in [0, 0.1) is 22.7 Å². The minimum absolute atomic E-state index is 0.510. The van der Waals surface area contributed by atoms with Crippen LogP contribution < -0.4 is 0 Å². The smallest absolute Gasteiger partial charge is 0.102 e. The Bertz CT molecular complexity index is 4160. The molecule has 0 fully saturated rings. The van der Waals surface area contributed by atoms with Gasteiger partial charge >= 0.3 is 0 Å². The number of para-hydroxylation sites is 6. The summed E-state index contributed by atoms with van der Waals surface area (Å²) in [7, 11) is 0. The van der Waals surface area contributed by atoms with E-state index in [1.807, 2.05) is 0 Å². The van der Waals surface area contributed by atoms with E-state index in [0.717, 1.165) is 121 Å². The molecule has 0 unspecified atom stereocenters. The van der Waals surface area contributed by atoms with Gasteiger partial charge in [-0.25, -0.2) is 0 Å². The van der Waals surface area contributed by atoms with Crippen molar-refractivity contribution in [3.63, 3.8) is 0 Å². The van der Waals surface area contributed by atoms with Crippen molar-refractivity contribution >= 4 is 87.2 Å². The fourth-order valence-electron chi connectivity index (χ4n) is 12.0. The summed E-state index contributed by atoms with van der Waals surface area (Å²) in [4.78, 5) is 0. The highest BCUT2D eigenvalue weighted by atomic mass is 15.1. The Morgan fingerprint density at radius 2 is 0.643 bits per heavy atom. The molecule has 334 valence electrons. The first kappa shape index (κ1) is 41.4. The molecule has 70 heavy (non-hydrogen) atoms. The van der Waals surface area contributed by atoms with Crippen molar-refractivity contribution in [3.8, 4) is 34.9 Å². The number of nitrogens with zero attached hydrogens (tertiary/aromatic N) is 6. The molecule has 4 aromatic heterocycles. The van der Waals surface area contributed by atoms with Crippen LogP contribution in [0.15, 0.2) is 182 Å². The van der Waals surface area contributed by atoms with Crippen LogP contribution in [0.3, 0.4) is 0 Å². The highest BCUT2D eigenvalue weighted by Crippen LogP contribution is 2.51. The van der Waals surface area contributed by atoms with Crippen LogP contribution in [0.4, 0.5) is 0 Å². The van der Waals surface area contributed by atoms with E-state index in [0.29, 0.717) is 11.1 Å². The van der Waals surface area contributed by atoms with Crippen LogP contribution in [-0.2, 0) is 10.8 Å². The Labute approximate surface area is 405 Å². The van der Waals surface area contributed by atoms with E-state index in [4.69, 9.17) is 0 Å². The third-order valence-electron chi connectivity index (χ3n) is 14.6. The van der Waals surface area contributed by atoms with Gasteiger partial charge in [-0.15, -0.1) is 0 Å². The van der Waals surface area contributed by atoms with Crippen molar-refractivity contribution in [2.24, 2.45) is 0 Å². The number of fused-ring (bicyclic) bond motifs is 14. The van der Waals surface area contributed by atoms with E-state index in [1.165, 1.54) is 0 Å². The molecular weight excluding hydrogens is 853 g/mol. The van der Waals surface area contributed by atoms with Crippen molar-refractivity contribution < 1.29 is 0 Å². The van der Waals surface area contributed by atoms with Crippen LogP contribution >= 0.6 is 0 Å². The fourth-order valence-corrected chi connectivity index (χ4v) is 12.0. The quantitative estimate of drug-likeness (QED) is 0.177. The van der Waals surface area contributed by atoms with Crippen molar-refractivity contribution in [2.75, 3.05) is 0 Å². The van der Waals surface area contributed by atoms with E-state index in [-0.39, 0.29) is 0 Å². The van der Waals surface area contributed by atoms with E-state index in [9.17, 15) is 10.5 Å². The molecule has 0 amide bonds. The maximum Gasteiger partial charge on any atom is 0.102 e. The summed E-state index contributed by atoms with van der Waals surface area (Å²) < 4.78 is 9.53. The summed E-state index contributed by atoms with van der Waals surface area (Å²) in [5.74, 6) is 0. The molecule has 0 atom stereocenters. The monoisotopic (exact) mass is 900 g/mol. The molecule has 0 aliphatic rings. The molecule has 0 N–H and O–H groups in total. The van der Waals surface area contributed by atoms with Crippen molar-refractivity contribution in [2.45, 2.75) is 52.4 Å². The Morgan fingerprint density at radius 3 is 1.00 bits per heavy atom. The van der Waals surface area contributed by atoms with E-state index in [1.54, 1.807) is 0 Å². The van der Waals surface area contributed by atoms with Gasteiger partial charge in [-0.05, 0) is 77.1 Å². The van der Waals surface area contributed by atoms with Gasteiger partial charge in [0.1, 0.15) is 12.1 Å². The van der Waals surface area contributed by atoms with Gasteiger partial charge in [0, 0.05) is 60.0 Å². The third-order valence-corrected chi connectivity index (χ3v) is 14.6. The SMILES string of the molecule is CC(C)(C)c1c(C#N)c(-n2c3ccccc3c3ccc4c(c5ccccc5n4-c4ccccc4)c32)c(C(C)(C)C)c(-n2c3ccccc3c3ccc4c(c5ccccc5n4-c4ccccc4)c32)c1C#N. The zero-order chi connectivity index (χ0) is 47.8. The zero-order valence-corrected chi connectivity index (χ0v) is 40.0. The number of rotatable bonds is 4. The Balaban J connectivity index is 1.31. The Hall–Kier alpha value is -8.84. The molecule has 9 aromatic carbocycles. The maximum absolute atomic E-state index is 12.0. The topological polar surface area (TPSA) is 67.3 Å². The zero-order valence-electron chi connectivity index (χ0n) is 40.0. The van der Waals surface area contributed by atoms with Crippen LogP contribution in [0.25, 0.3) is 110 Å². The summed E-state index contributed by atoms with van der Waals surface area (Å²) in [5, 5.41) is 32.8. The van der Waals surface area contributed by atoms with Crippen molar-refractivity contribution in [1.82, 2.24) is 18.3 Å². The van der Waals surface area contributed by atoms with Gasteiger partial charge < -0.3 is 18.3 Å². The number of nitriles is 2. The first-order valence-electron chi connectivity index (χ1n) is 24.1. The Morgan fingerprint density at radius 1 is 0.314 bits per heavy atom. The molecule has 6 heteroatoms. The predicted molar refractivity (Wildman–Crippen MR) is 291 cm³/mol. The average molecular weight is 901 g/mol. The van der Waals surface area contributed by atoms with Crippen molar-refractivity contribution in [1.29, 1.82) is 10.5 Å².